The van der Waals surface area contributed by atoms with E-state index in [1.807, 2.05) is 0 Å². The average molecular weight is 490 g/mol. The third kappa shape index (κ3) is 6.69. The smallest absolute Gasteiger partial charge is 0.263 e. The fourth-order valence-electron chi connectivity index (χ4n) is 3.89. The number of sulfonamides is 1. The Morgan fingerprint density at radius 2 is 1.82 bits per heavy atom. The first-order valence-corrected chi connectivity index (χ1v) is 12.7. The molecule has 5 N–H and O–H groups in total. The molecule has 3 aromatic rings. The molecule has 0 spiro atoms. The number of nitrogens with zero attached hydrogens (tertiary/aromatic N) is 1. The minimum Gasteiger partial charge on any atom is -0.508 e. The summed E-state index contributed by atoms with van der Waals surface area (Å²) in [5, 5.41) is 19.3. The number of fused-ring (bicyclic) bond motifs is 2. The first kappa shape index (κ1) is 24.5. The van der Waals surface area contributed by atoms with Crippen LogP contribution in [0.2, 0.25) is 0 Å². The highest BCUT2D eigenvalue weighted by Crippen LogP contribution is 2.51. The Morgan fingerprint density at radius 3 is 2.21 bits per heavy atom. The van der Waals surface area contributed by atoms with Crippen LogP contribution in [0.3, 0.4) is 0 Å². The molecule has 0 radical (unpaired) electrons. The number of hydrogen-bond acceptors (Lipinski definition) is 8. The average Bonchev–Trinajstić information content (AvgIpc) is 3.45. The predicted octanol–water partition coefficient (Wildman–Crippen LogP) is 4.39. The van der Waals surface area contributed by atoms with Gasteiger partial charge in [-0.2, -0.15) is 0 Å². The highest BCUT2D eigenvalue weighted by atomic mass is 32.2. The van der Waals surface area contributed by atoms with Crippen LogP contribution < -0.4 is 10.5 Å². The standard InChI is InChI=1S/C9H9N3O2S2.C8H12O.C6H6O2/c10-7-1-3-8(4-2-7)16(13,14)12-9-11-5-6-15-9;1-8-3-2-6(5-8)4-7(8)9;7-5-2-1-3-6(8)4-5/h1-6H,10H2,(H,11,12);6H,2-5H2,1H3;1-4,7-8H/t;6-,8-;/m.0./s1. The largest absolute Gasteiger partial charge is 0.508 e. The number of nitrogens with one attached hydrogen (secondary N) is 1. The monoisotopic (exact) mass is 489 g/mol. The van der Waals surface area contributed by atoms with Crippen LogP contribution in [0.15, 0.2) is 65.0 Å². The van der Waals surface area contributed by atoms with E-state index in [1.54, 1.807) is 11.4 Å². The van der Waals surface area contributed by atoms with Crippen LogP contribution in [0.5, 0.6) is 11.5 Å². The highest BCUT2D eigenvalue weighted by Gasteiger charge is 2.47. The molecule has 2 bridgehead atoms. The zero-order chi connectivity index (χ0) is 24.1. The topological polar surface area (TPSA) is 143 Å². The van der Waals surface area contributed by atoms with Crippen molar-refractivity contribution in [3.05, 3.63) is 60.1 Å². The van der Waals surface area contributed by atoms with E-state index in [9.17, 15) is 13.2 Å². The number of phenolic OH excluding ortho intramolecular Hbond substituents is 2. The van der Waals surface area contributed by atoms with Gasteiger partial charge in [-0.25, -0.2) is 13.4 Å². The fourth-order valence-corrected chi connectivity index (χ4v) is 5.68. The summed E-state index contributed by atoms with van der Waals surface area (Å²) in [5.74, 6) is 1.47. The van der Waals surface area contributed by atoms with Gasteiger partial charge in [0.05, 0.1) is 4.90 Å². The summed E-state index contributed by atoms with van der Waals surface area (Å²) >= 11 is 1.22. The van der Waals surface area contributed by atoms with Gasteiger partial charge in [0.15, 0.2) is 5.13 Å². The van der Waals surface area contributed by atoms with Gasteiger partial charge in [-0.3, -0.25) is 9.52 Å². The molecule has 10 heteroatoms. The lowest BCUT2D eigenvalue weighted by molar-refractivity contribution is -0.126. The zero-order valence-electron chi connectivity index (χ0n) is 18.1. The number of aromatic hydroxyl groups is 2. The molecule has 2 fully saturated rings. The Hall–Kier alpha value is -3.11. The SMILES string of the molecule is C[C@@]12CC[C@@H](CC1=O)C2.Nc1ccc(S(=O)(=O)Nc2nccs2)cc1.Oc1cccc(O)c1. The lowest BCUT2D eigenvalue weighted by Crippen LogP contribution is -2.20. The molecule has 2 aliphatic carbocycles. The number of ketones is 1. The molecule has 2 saturated carbocycles. The first-order valence-electron chi connectivity index (χ1n) is 10.4. The Kier molecular flexibility index (Phi) is 7.60. The number of hydrogen-bond donors (Lipinski definition) is 4. The van der Waals surface area contributed by atoms with E-state index in [-0.39, 0.29) is 21.8 Å². The fraction of sp³-hybridized carbons (Fsp3) is 0.304. The van der Waals surface area contributed by atoms with Crippen molar-refractivity contribution in [2.45, 2.75) is 37.5 Å². The normalized spacial score (nSPS) is 20.9. The van der Waals surface area contributed by atoms with Crippen molar-refractivity contribution in [1.29, 1.82) is 0 Å². The van der Waals surface area contributed by atoms with E-state index in [1.165, 1.54) is 72.8 Å². The minimum absolute atomic E-state index is 0.0880. The quantitative estimate of drug-likeness (QED) is 0.400. The second-order valence-electron chi connectivity index (χ2n) is 8.33. The van der Waals surface area contributed by atoms with Gasteiger partial charge in [0.1, 0.15) is 17.3 Å². The number of benzene rings is 2. The van der Waals surface area contributed by atoms with Crippen LogP contribution in [0.1, 0.15) is 32.6 Å². The molecule has 1 heterocycles. The van der Waals surface area contributed by atoms with E-state index in [0.717, 1.165) is 18.8 Å². The lowest BCUT2D eigenvalue weighted by Gasteiger charge is -2.17. The van der Waals surface area contributed by atoms with Crippen LogP contribution in [0.25, 0.3) is 0 Å². The van der Waals surface area contributed by atoms with E-state index in [4.69, 9.17) is 15.9 Å². The lowest BCUT2D eigenvalue weighted by atomic mass is 9.86. The Bertz CT molecular complexity index is 1160. The molecular weight excluding hydrogens is 462 g/mol. The molecule has 8 nitrogen and oxygen atoms in total. The van der Waals surface area contributed by atoms with Crippen molar-refractivity contribution in [2.75, 3.05) is 10.5 Å². The van der Waals surface area contributed by atoms with E-state index in [0.29, 0.717) is 16.6 Å². The van der Waals surface area contributed by atoms with E-state index < -0.39 is 10.0 Å². The van der Waals surface area contributed by atoms with Crippen molar-refractivity contribution in [3.63, 3.8) is 0 Å². The molecule has 0 aliphatic heterocycles. The van der Waals surface area contributed by atoms with Gasteiger partial charge >= 0.3 is 0 Å². The number of carbonyl (C=O) groups is 1. The van der Waals surface area contributed by atoms with Crippen molar-refractivity contribution >= 4 is 38.0 Å². The van der Waals surface area contributed by atoms with Crippen LogP contribution in [0, 0.1) is 11.3 Å². The molecule has 0 amide bonds. The van der Waals surface area contributed by atoms with Gasteiger partial charge in [0.25, 0.3) is 10.0 Å². The molecule has 0 saturated heterocycles. The van der Waals surface area contributed by atoms with Crippen molar-refractivity contribution in [1.82, 2.24) is 4.98 Å². The maximum absolute atomic E-state index is 11.8. The molecular formula is C23H27N3O5S2. The van der Waals surface area contributed by atoms with Gasteiger partial charge in [-0.1, -0.05) is 13.0 Å². The van der Waals surface area contributed by atoms with Crippen LogP contribution in [-0.2, 0) is 14.8 Å². The Labute approximate surface area is 197 Å². The minimum atomic E-state index is -3.56. The summed E-state index contributed by atoms with van der Waals surface area (Å²) in [4.78, 5) is 15.2. The van der Waals surface area contributed by atoms with Gasteiger partial charge < -0.3 is 15.9 Å². The molecule has 33 heavy (non-hydrogen) atoms. The van der Waals surface area contributed by atoms with Gasteiger partial charge in [0, 0.05) is 35.2 Å². The molecule has 5 rings (SSSR count). The van der Waals surface area contributed by atoms with Crippen molar-refractivity contribution < 1.29 is 23.4 Å². The van der Waals surface area contributed by atoms with E-state index in [2.05, 4.69) is 16.6 Å². The Morgan fingerprint density at radius 1 is 1.15 bits per heavy atom. The first-order chi connectivity index (χ1) is 15.6. The number of aromatic nitrogens is 1. The van der Waals surface area contributed by atoms with Crippen LogP contribution >= 0.6 is 11.3 Å². The summed E-state index contributed by atoms with van der Waals surface area (Å²) in [6.45, 7) is 2.13. The zero-order valence-corrected chi connectivity index (χ0v) is 19.8. The third-order valence-electron chi connectivity index (χ3n) is 5.66. The predicted molar refractivity (Wildman–Crippen MR) is 129 cm³/mol. The van der Waals surface area contributed by atoms with Gasteiger partial charge in [-0.05, 0) is 61.6 Å². The second-order valence-corrected chi connectivity index (χ2v) is 10.9. The number of anilines is 2. The summed E-state index contributed by atoms with van der Waals surface area (Å²) in [7, 11) is -3.56. The number of rotatable bonds is 3. The Balaban J connectivity index is 0.000000152. The second kappa shape index (κ2) is 10.2. The molecule has 0 unspecified atom stereocenters. The maximum Gasteiger partial charge on any atom is 0.263 e. The number of carbonyl (C=O) groups excluding carboxylic acids is 1. The number of Topliss-reactive ketones (excluding diaryl/α,β-unsaturated/α-hetero) is 1. The maximum atomic E-state index is 11.8. The molecule has 1 aromatic heterocycles. The molecule has 2 aromatic carbocycles. The van der Waals surface area contributed by atoms with Crippen LogP contribution in [-0.4, -0.2) is 29.4 Å². The van der Waals surface area contributed by atoms with Crippen LogP contribution in [0.4, 0.5) is 10.8 Å². The summed E-state index contributed by atoms with van der Waals surface area (Å²) < 4.78 is 26.0. The summed E-state index contributed by atoms with van der Waals surface area (Å²) in [5.41, 5.74) is 6.13. The number of phenols is 2. The van der Waals surface area contributed by atoms with Gasteiger partial charge in [0.2, 0.25) is 0 Å². The number of thiazole rings is 1. The number of nitrogens with two attached hydrogens (primary N) is 1. The molecule has 2 aliphatic rings. The van der Waals surface area contributed by atoms with Crippen molar-refractivity contribution in [2.24, 2.45) is 11.3 Å². The molecule has 2 atom stereocenters. The van der Waals surface area contributed by atoms with E-state index >= 15 is 0 Å². The highest BCUT2D eigenvalue weighted by molar-refractivity contribution is 7.93. The summed E-state index contributed by atoms with van der Waals surface area (Å²) in [6, 6.07) is 11.8. The summed E-state index contributed by atoms with van der Waals surface area (Å²) in [6.07, 6.45) is 6.08. The number of nitrogen functional groups attached to an aromatic ring is 1. The third-order valence-corrected chi connectivity index (χ3v) is 7.84. The van der Waals surface area contributed by atoms with Gasteiger partial charge in [-0.15, -0.1) is 11.3 Å². The van der Waals surface area contributed by atoms with Crippen molar-refractivity contribution in [3.8, 4) is 11.5 Å². The molecule has 176 valence electrons.